The Morgan fingerprint density at radius 1 is 1.28 bits per heavy atom. The maximum absolute atomic E-state index is 12.0. The highest BCUT2D eigenvalue weighted by Gasteiger charge is 2.17. The van der Waals surface area contributed by atoms with Crippen molar-refractivity contribution in [2.75, 3.05) is 11.5 Å². The lowest BCUT2D eigenvalue weighted by molar-refractivity contribution is 0.588. The standard InChI is InChI=1S/C12H14N2O3S/c1-3-18(16,17)14-11-7-10(13)5-4-9(11)6-8(2)12(14)15/h4-7H,3,13H2,1-2H3. The van der Waals surface area contributed by atoms with Crippen LogP contribution in [-0.2, 0) is 10.0 Å². The first-order valence-electron chi connectivity index (χ1n) is 5.52. The third-order valence-corrected chi connectivity index (χ3v) is 4.46. The van der Waals surface area contributed by atoms with E-state index >= 15 is 0 Å². The van der Waals surface area contributed by atoms with E-state index in [4.69, 9.17) is 5.73 Å². The molecule has 0 saturated heterocycles. The van der Waals surface area contributed by atoms with Crippen LogP contribution >= 0.6 is 0 Å². The van der Waals surface area contributed by atoms with Gasteiger partial charge < -0.3 is 5.73 Å². The SMILES string of the molecule is CCS(=O)(=O)n1c(=O)c(C)cc2ccc(N)cc21. The molecule has 0 aliphatic rings. The van der Waals surface area contributed by atoms with E-state index in [1.165, 1.54) is 13.0 Å². The molecule has 2 aromatic rings. The molecule has 0 fully saturated rings. The van der Waals surface area contributed by atoms with Crippen molar-refractivity contribution in [3.05, 3.63) is 40.2 Å². The molecule has 0 aliphatic carbocycles. The topological polar surface area (TPSA) is 82.2 Å². The number of nitrogens with two attached hydrogens (primary N) is 1. The number of anilines is 1. The van der Waals surface area contributed by atoms with E-state index in [0.29, 0.717) is 22.2 Å². The van der Waals surface area contributed by atoms with Crippen LogP contribution in [0, 0.1) is 6.92 Å². The highest BCUT2D eigenvalue weighted by atomic mass is 32.2. The molecule has 0 atom stereocenters. The van der Waals surface area contributed by atoms with Crippen molar-refractivity contribution in [1.29, 1.82) is 0 Å². The van der Waals surface area contributed by atoms with Crippen LogP contribution in [-0.4, -0.2) is 18.1 Å². The Morgan fingerprint density at radius 3 is 2.56 bits per heavy atom. The van der Waals surface area contributed by atoms with Crippen LogP contribution in [0.2, 0.25) is 0 Å². The predicted octanol–water partition coefficient (Wildman–Crippen LogP) is 1.09. The molecule has 0 spiro atoms. The minimum atomic E-state index is -3.65. The highest BCUT2D eigenvalue weighted by molar-refractivity contribution is 7.90. The maximum Gasteiger partial charge on any atom is 0.267 e. The smallest absolute Gasteiger partial charge is 0.267 e. The zero-order chi connectivity index (χ0) is 13.5. The average molecular weight is 266 g/mol. The second-order valence-electron chi connectivity index (χ2n) is 4.12. The molecule has 18 heavy (non-hydrogen) atoms. The summed E-state index contributed by atoms with van der Waals surface area (Å²) in [5.41, 5.74) is 6.28. The molecule has 1 aromatic heterocycles. The summed E-state index contributed by atoms with van der Waals surface area (Å²) in [4.78, 5) is 12.0. The Kier molecular flexibility index (Phi) is 2.90. The van der Waals surface area contributed by atoms with Crippen LogP contribution in [0.4, 0.5) is 5.69 Å². The summed E-state index contributed by atoms with van der Waals surface area (Å²) >= 11 is 0. The molecule has 1 aromatic carbocycles. The molecule has 96 valence electrons. The number of rotatable bonds is 2. The quantitative estimate of drug-likeness (QED) is 0.825. The first-order valence-corrected chi connectivity index (χ1v) is 7.13. The van der Waals surface area contributed by atoms with E-state index in [1.54, 1.807) is 25.1 Å². The first-order chi connectivity index (χ1) is 8.36. The minimum absolute atomic E-state index is 0.139. The Bertz CT molecular complexity index is 776. The summed E-state index contributed by atoms with van der Waals surface area (Å²) in [6.07, 6.45) is 0. The van der Waals surface area contributed by atoms with Crippen molar-refractivity contribution >= 4 is 26.6 Å². The molecule has 2 N–H and O–H groups in total. The van der Waals surface area contributed by atoms with Gasteiger partial charge in [-0.15, -0.1) is 0 Å². The number of benzene rings is 1. The molecular weight excluding hydrogens is 252 g/mol. The van der Waals surface area contributed by atoms with Gasteiger partial charge in [0.15, 0.2) is 0 Å². The number of fused-ring (bicyclic) bond motifs is 1. The average Bonchev–Trinajstić information content (AvgIpc) is 2.31. The number of hydrogen-bond acceptors (Lipinski definition) is 4. The summed E-state index contributed by atoms with van der Waals surface area (Å²) in [6.45, 7) is 3.10. The van der Waals surface area contributed by atoms with Crippen molar-refractivity contribution in [3.8, 4) is 0 Å². The summed E-state index contributed by atoms with van der Waals surface area (Å²) < 4.78 is 24.9. The number of nitrogens with zero attached hydrogens (tertiary/aromatic N) is 1. The molecule has 0 amide bonds. The summed E-state index contributed by atoms with van der Waals surface area (Å²) in [7, 11) is -3.65. The lowest BCUT2D eigenvalue weighted by Gasteiger charge is -2.11. The lowest BCUT2D eigenvalue weighted by atomic mass is 10.1. The summed E-state index contributed by atoms with van der Waals surface area (Å²) in [5, 5.41) is 0.679. The van der Waals surface area contributed by atoms with Crippen molar-refractivity contribution in [2.24, 2.45) is 0 Å². The molecule has 5 nitrogen and oxygen atoms in total. The number of hydrogen-bond donors (Lipinski definition) is 1. The van der Waals surface area contributed by atoms with Crippen molar-refractivity contribution in [2.45, 2.75) is 13.8 Å². The molecule has 1 heterocycles. The zero-order valence-corrected chi connectivity index (χ0v) is 11.0. The van der Waals surface area contributed by atoms with E-state index in [9.17, 15) is 13.2 Å². The second kappa shape index (κ2) is 4.13. The molecule has 0 aliphatic heterocycles. The van der Waals surface area contributed by atoms with Crippen molar-refractivity contribution < 1.29 is 8.42 Å². The first kappa shape index (κ1) is 12.6. The fraction of sp³-hybridized carbons (Fsp3) is 0.250. The fourth-order valence-corrected chi connectivity index (χ4v) is 2.94. The predicted molar refractivity (Wildman–Crippen MR) is 72.2 cm³/mol. The molecule has 0 radical (unpaired) electrons. The molecular formula is C12H14N2O3S. The maximum atomic E-state index is 12.0. The molecule has 2 rings (SSSR count). The van der Waals surface area contributed by atoms with Gasteiger partial charge in [0.1, 0.15) is 0 Å². The van der Waals surface area contributed by atoms with Crippen LogP contribution in [0.3, 0.4) is 0 Å². The van der Waals surface area contributed by atoms with Crippen molar-refractivity contribution in [3.63, 3.8) is 0 Å². The Hall–Kier alpha value is -1.82. The third kappa shape index (κ3) is 1.88. The van der Waals surface area contributed by atoms with Gasteiger partial charge in [0.25, 0.3) is 5.56 Å². The largest absolute Gasteiger partial charge is 0.399 e. The van der Waals surface area contributed by atoms with Crippen LogP contribution in [0.25, 0.3) is 10.9 Å². The Labute approximate surface area is 105 Å². The van der Waals surface area contributed by atoms with Gasteiger partial charge in [-0.3, -0.25) is 4.79 Å². The van der Waals surface area contributed by atoms with Crippen molar-refractivity contribution in [1.82, 2.24) is 3.97 Å². The van der Waals surface area contributed by atoms with Crippen LogP contribution < -0.4 is 11.3 Å². The van der Waals surface area contributed by atoms with Gasteiger partial charge in [-0.1, -0.05) is 6.07 Å². The van der Waals surface area contributed by atoms with E-state index in [-0.39, 0.29) is 5.75 Å². The van der Waals surface area contributed by atoms with Crippen LogP contribution in [0.5, 0.6) is 0 Å². The molecule has 0 saturated carbocycles. The number of aromatic nitrogens is 1. The van der Waals surface area contributed by atoms with Crippen LogP contribution in [0.1, 0.15) is 12.5 Å². The van der Waals surface area contributed by atoms with Gasteiger partial charge >= 0.3 is 0 Å². The van der Waals surface area contributed by atoms with Gasteiger partial charge in [0.2, 0.25) is 10.0 Å². The van der Waals surface area contributed by atoms with E-state index in [0.717, 1.165) is 3.97 Å². The van der Waals surface area contributed by atoms with Gasteiger partial charge in [-0.05, 0) is 37.4 Å². The van der Waals surface area contributed by atoms with E-state index in [1.807, 2.05) is 0 Å². The lowest BCUT2D eigenvalue weighted by Crippen LogP contribution is -2.30. The summed E-state index contributed by atoms with van der Waals surface area (Å²) in [5.74, 6) is -0.139. The number of pyridine rings is 1. The normalized spacial score (nSPS) is 11.9. The number of nitrogen functional groups attached to an aromatic ring is 1. The van der Waals surface area contributed by atoms with Gasteiger partial charge in [-0.25, -0.2) is 12.4 Å². The fourth-order valence-electron chi connectivity index (χ4n) is 1.83. The monoisotopic (exact) mass is 266 g/mol. The molecule has 6 heteroatoms. The van der Waals surface area contributed by atoms with E-state index < -0.39 is 15.6 Å². The summed E-state index contributed by atoms with van der Waals surface area (Å²) in [6, 6.07) is 6.55. The third-order valence-electron chi connectivity index (χ3n) is 2.81. The Balaban J connectivity index is 3.06. The van der Waals surface area contributed by atoms with Gasteiger partial charge in [0, 0.05) is 11.3 Å². The minimum Gasteiger partial charge on any atom is -0.399 e. The molecule has 0 unspecified atom stereocenters. The Morgan fingerprint density at radius 2 is 1.94 bits per heavy atom. The van der Waals surface area contributed by atoms with Gasteiger partial charge in [0.05, 0.1) is 11.3 Å². The molecule has 0 bridgehead atoms. The van der Waals surface area contributed by atoms with E-state index in [2.05, 4.69) is 0 Å². The zero-order valence-electron chi connectivity index (χ0n) is 10.2. The van der Waals surface area contributed by atoms with Crippen LogP contribution in [0.15, 0.2) is 29.1 Å². The highest BCUT2D eigenvalue weighted by Crippen LogP contribution is 2.18. The number of aryl methyl sites for hydroxylation is 1. The van der Waals surface area contributed by atoms with Gasteiger partial charge in [-0.2, -0.15) is 0 Å². The second-order valence-corrected chi connectivity index (χ2v) is 6.22.